The minimum Gasteiger partial charge on any atom is -0.364 e. The Hall–Kier alpha value is -4.48. The second kappa shape index (κ2) is 10.4. The van der Waals surface area contributed by atoms with Crippen molar-refractivity contribution in [3.63, 3.8) is 0 Å². The number of carbonyl (C=O) groups excluding carboxylic acids is 3. The van der Waals surface area contributed by atoms with Gasteiger partial charge >= 0.3 is 12.2 Å². The molecule has 0 bridgehead atoms. The van der Waals surface area contributed by atoms with E-state index >= 15 is 0 Å². The Bertz CT molecular complexity index is 1330. The van der Waals surface area contributed by atoms with Crippen molar-refractivity contribution in [2.24, 2.45) is 5.73 Å². The van der Waals surface area contributed by atoms with Crippen LogP contribution in [0.25, 0.3) is 0 Å². The molecule has 36 heavy (non-hydrogen) atoms. The summed E-state index contributed by atoms with van der Waals surface area (Å²) >= 11 is 0. The second-order valence-electron chi connectivity index (χ2n) is 7.85. The quantitative estimate of drug-likeness (QED) is 0.428. The number of nitrogens with one attached hydrogen (secondary N) is 2. The van der Waals surface area contributed by atoms with Gasteiger partial charge in [0.2, 0.25) is 0 Å². The van der Waals surface area contributed by atoms with Crippen molar-refractivity contribution in [3.05, 3.63) is 88.5 Å². The number of benzene rings is 2. The fourth-order valence-electron chi connectivity index (χ4n) is 3.20. The average Bonchev–Trinajstić information content (AvgIpc) is 2.81. The van der Waals surface area contributed by atoms with E-state index in [4.69, 9.17) is 5.73 Å². The predicted molar refractivity (Wildman–Crippen MR) is 124 cm³/mol. The Labute approximate surface area is 203 Å². The number of aryl methyl sites for hydroxylation is 1. The third-order valence-corrected chi connectivity index (χ3v) is 5.14. The summed E-state index contributed by atoms with van der Waals surface area (Å²) < 4.78 is 53.1. The number of halogens is 4. The highest BCUT2D eigenvalue weighted by molar-refractivity contribution is 6.05. The lowest BCUT2D eigenvalue weighted by Gasteiger charge is -2.19. The number of nitrogens with two attached hydrogens (primary N) is 1. The van der Waals surface area contributed by atoms with Crippen LogP contribution in [0.1, 0.15) is 37.5 Å². The van der Waals surface area contributed by atoms with Crippen LogP contribution in [-0.4, -0.2) is 34.8 Å². The van der Waals surface area contributed by atoms with Crippen molar-refractivity contribution in [3.8, 4) is 0 Å². The lowest BCUT2D eigenvalue weighted by atomic mass is 10.1. The third-order valence-electron chi connectivity index (χ3n) is 5.14. The first-order valence-electron chi connectivity index (χ1n) is 10.4. The van der Waals surface area contributed by atoms with Crippen LogP contribution in [0.2, 0.25) is 0 Å². The average molecular weight is 503 g/mol. The molecule has 0 fully saturated rings. The number of hydrogen-bond acceptors (Lipinski definition) is 4. The Morgan fingerprint density at radius 2 is 1.75 bits per heavy atom. The maximum atomic E-state index is 14.3. The summed E-state index contributed by atoms with van der Waals surface area (Å²) in [5.41, 5.74) is 4.57. The van der Waals surface area contributed by atoms with Gasteiger partial charge in [-0.2, -0.15) is 13.2 Å². The van der Waals surface area contributed by atoms with Crippen molar-refractivity contribution in [2.75, 3.05) is 17.7 Å². The number of carbonyl (C=O) groups is 3. The highest BCUT2D eigenvalue weighted by Crippen LogP contribution is 2.34. The van der Waals surface area contributed by atoms with Crippen LogP contribution in [0.5, 0.6) is 0 Å². The first-order chi connectivity index (χ1) is 16.9. The maximum absolute atomic E-state index is 14.3. The number of hydrogen-bond donors (Lipinski definition) is 3. The monoisotopic (exact) mass is 503 g/mol. The number of urea groups is 1. The van der Waals surface area contributed by atoms with Gasteiger partial charge in [0.1, 0.15) is 5.69 Å². The van der Waals surface area contributed by atoms with Crippen molar-refractivity contribution < 1.29 is 31.9 Å². The molecular weight excluding hydrogens is 482 g/mol. The van der Waals surface area contributed by atoms with Crippen molar-refractivity contribution in [1.29, 1.82) is 0 Å². The Kier molecular flexibility index (Phi) is 7.56. The van der Waals surface area contributed by atoms with Crippen LogP contribution < -0.4 is 16.4 Å². The largest absolute Gasteiger partial charge is 0.419 e. The molecule has 0 aliphatic carbocycles. The number of aromatic nitrogens is 1. The summed E-state index contributed by atoms with van der Waals surface area (Å²) in [6, 6.07) is 9.31. The number of pyridine rings is 1. The molecule has 1 heterocycles. The molecule has 0 atom stereocenters. The molecule has 0 saturated heterocycles. The van der Waals surface area contributed by atoms with Crippen LogP contribution in [0.15, 0.2) is 54.7 Å². The van der Waals surface area contributed by atoms with Gasteiger partial charge in [-0.05, 0) is 54.4 Å². The molecule has 1 aromatic heterocycles. The van der Waals surface area contributed by atoms with Crippen LogP contribution in [-0.2, 0) is 12.7 Å². The first-order valence-corrected chi connectivity index (χ1v) is 10.4. The van der Waals surface area contributed by atoms with E-state index in [-0.39, 0.29) is 23.5 Å². The number of rotatable bonds is 6. The second-order valence-corrected chi connectivity index (χ2v) is 7.85. The van der Waals surface area contributed by atoms with Crippen LogP contribution in [0.3, 0.4) is 0 Å². The van der Waals surface area contributed by atoms with E-state index in [1.54, 1.807) is 13.0 Å². The SMILES string of the molecule is Cc1ccc(C(=O)Nc2cccc(C(F)(F)F)c2F)cc1NC(=O)N(C)Cc1ccnc(C(N)=O)c1. The highest BCUT2D eigenvalue weighted by Gasteiger charge is 2.35. The van der Waals surface area contributed by atoms with Gasteiger partial charge in [-0.25, -0.2) is 9.18 Å². The lowest BCUT2D eigenvalue weighted by Crippen LogP contribution is -2.31. The Balaban J connectivity index is 1.74. The summed E-state index contributed by atoms with van der Waals surface area (Å²) in [6.45, 7) is 1.79. The molecule has 0 unspecified atom stereocenters. The van der Waals surface area contributed by atoms with Crippen molar-refractivity contribution in [2.45, 2.75) is 19.6 Å². The van der Waals surface area contributed by atoms with Crippen LogP contribution >= 0.6 is 0 Å². The third kappa shape index (κ3) is 6.14. The molecule has 188 valence electrons. The van der Waals surface area contributed by atoms with Gasteiger partial charge in [-0.1, -0.05) is 12.1 Å². The van der Waals surface area contributed by atoms with Gasteiger partial charge in [-0.3, -0.25) is 14.6 Å². The molecular formula is C24H21F4N5O3. The molecule has 0 aliphatic heterocycles. The normalized spacial score (nSPS) is 11.1. The molecule has 0 spiro atoms. The summed E-state index contributed by atoms with van der Waals surface area (Å²) in [7, 11) is 1.50. The van der Waals surface area contributed by atoms with Gasteiger partial charge in [0.25, 0.3) is 11.8 Å². The predicted octanol–water partition coefficient (Wildman–Crippen LogP) is 4.56. The van der Waals surface area contributed by atoms with Gasteiger partial charge in [0, 0.05) is 31.0 Å². The van der Waals surface area contributed by atoms with Crippen molar-refractivity contribution >= 4 is 29.2 Å². The zero-order valence-electron chi connectivity index (χ0n) is 19.1. The molecule has 3 rings (SSSR count). The van der Waals surface area contributed by atoms with E-state index in [0.29, 0.717) is 17.2 Å². The molecule has 0 aliphatic rings. The molecule has 2 aromatic carbocycles. The molecule has 4 amide bonds. The van der Waals surface area contributed by atoms with E-state index < -0.39 is 41.1 Å². The van der Waals surface area contributed by atoms with E-state index in [1.807, 2.05) is 0 Å². The van der Waals surface area contributed by atoms with Gasteiger partial charge in [-0.15, -0.1) is 0 Å². The zero-order valence-corrected chi connectivity index (χ0v) is 19.1. The Morgan fingerprint density at radius 3 is 2.42 bits per heavy atom. The topological polar surface area (TPSA) is 117 Å². The molecule has 4 N–H and O–H groups in total. The number of nitrogens with zero attached hydrogens (tertiary/aromatic N) is 2. The van der Waals surface area contributed by atoms with Crippen molar-refractivity contribution in [1.82, 2.24) is 9.88 Å². The maximum Gasteiger partial charge on any atom is 0.419 e. The first kappa shape index (κ1) is 26.1. The minimum atomic E-state index is -4.92. The van der Waals surface area contributed by atoms with E-state index in [0.717, 1.165) is 12.1 Å². The van der Waals surface area contributed by atoms with Gasteiger partial charge in [0.05, 0.1) is 11.3 Å². The smallest absolute Gasteiger partial charge is 0.364 e. The summed E-state index contributed by atoms with van der Waals surface area (Å²) in [5, 5.41) is 4.77. The van der Waals surface area contributed by atoms with E-state index in [9.17, 15) is 31.9 Å². The van der Waals surface area contributed by atoms with Crippen LogP contribution in [0.4, 0.5) is 33.7 Å². The molecule has 0 radical (unpaired) electrons. The Morgan fingerprint density at radius 1 is 1.03 bits per heavy atom. The molecule has 0 saturated carbocycles. The minimum absolute atomic E-state index is 0.0180. The highest BCUT2D eigenvalue weighted by atomic mass is 19.4. The fourth-order valence-corrected chi connectivity index (χ4v) is 3.20. The van der Waals surface area contributed by atoms with Gasteiger partial charge < -0.3 is 21.3 Å². The fraction of sp³-hybridized carbons (Fsp3) is 0.167. The summed E-state index contributed by atoms with van der Waals surface area (Å²) in [5.74, 6) is -3.18. The number of alkyl halides is 3. The van der Waals surface area contributed by atoms with E-state index in [1.165, 1.54) is 42.4 Å². The molecule has 3 aromatic rings. The van der Waals surface area contributed by atoms with Gasteiger partial charge in [0.15, 0.2) is 5.82 Å². The number of amides is 4. The van der Waals surface area contributed by atoms with Crippen LogP contribution in [0, 0.1) is 12.7 Å². The lowest BCUT2D eigenvalue weighted by molar-refractivity contribution is -0.139. The number of anilines is 2. The summed E-state index contributed by atoms with van der Waals surface area (Å²) in [4.78, 5) is 41.7. The van der Waals surface area contributed by atoms with E-state index in [2.05, 4.69) is 15.6 Å². The number of primary amides is 1. The standard InChI is InChI=1S/C24H21F4N5O3/c1-13-6-7-15(22(35)31-17-5-3-4-16(20(17)25)24(26,27)28)11-18(13)32-23(36)33(2)12-14-8-9-30-19(10-14)21(29)34/h3-11H,12H2,1-2H3,(H2,29,34)(H,31,35)(H,32,36). The molecule has 12 heteroatoms. The molecule has 8 nitrogen and oxygen atoms in total. The summed E-state index contributed by atoms with van der Waals surface area (Å²) in [6.07, 6.45) is -3.53. The zero-order chi connectivity index (χ0) is 26.6.